The third kappa shape index (κ3) is 5.92. The van der Waals surface area contributed by atoms with Crippen LogP contribution in [0.5, 0.6) is 11.5 Å². The minimum atomic E-state index is -0.742. The summed E-state index contributed by atoms with van der Waals surface area (Å²) in [6.07, 6.45) is 0.627. The molecule has 2 aromatic carbocycles. The Morgan fingerprint density at radius 1 is 1.12 bits per heavy atom. The first-order valence-electron chi connectivity index (χ1n) is 13.3. The van der Waals surface area contributed by atoms with Gasteiger partial charge in [-0.2, -0.15) is 0 Å². The average Bonchev–Trinajstić information content (AvgIpc) is 2.92. The standard InChI is InChI=1S/C29H37N7O5/c1-6-41-23-13-19-7-9-35-21(20(19)14-22(23)40-5)15-24(33-25-17(3)11-16(2)12-18(25)4)36(29(35)39)10-8-32-28(38)26(34-31)27(30)37/h11-15,34,37H,6-10,30-31H2,1-5H3,(H,32,38)/b27-26+,33-24+. The Morgan fingerprint density at radius 2 is 1.83 bits per heavy atom. The number of benzene rings is 2. The molecule has 12 heteroatoms. The van der Waals surface area contributed by atoms with E-state index in [9.17, 15) is 14.7 Å². The molecule has 12 nitrogen and oxygen atoms in total. The molecule has 0 spiro atoms. The van der Waals surface area contributed by atoms with Gasteiger partial charge in [-0.25, -0.2) is 9.79 Å². The van der Waals surface area contributed by atoms with Crippen molar-refractivity contribution < 1.29 is 19.4 Å². The molecule has 1 aliphatic heterocycles. The lowest BCUT2D eigenvalue weighted by molar-refractivity contribution is -0.118. The summed E-state index contributed by atoms with van der Waals surface area (Å²) in [5, 5.41) is 12.1. The van der Waals surface area contributed by atoms with Crippen LogP contribution in [0, 0.1) is 20.8 Å². The largest absolute Gasteiger partial charge is 0.493 e. The fourth-order valence-electron chi connectivity index (χ4n) is 5.16. The van der Waals surface area contributed by atoms with E-state index in [1.165, 1.54) is 4.57 Å². The first-order valence-corrected chi connectivity index (χ1v) is 13.3. The zero-order valence-electron chi connectivity index (χ0n) is 24.0. The van der Waals surface area contributed by atoms with Gasteiger partial charge in [-0.05, 0) is 62.9 Å². The Morgan fingerprint density at radius 3 is 2.44 bits per heavy atom. The van der Waals surface area contributed by atoms with Crippen LogP contribution in [0.2, 0.25) is 0 Å². The van der Waals surface area contributed by atoms with E-state index in [2.05, 4.69) is 10.7 Å². The lowest BCUT2D eigenvalue weighted by atomic mass is 9.97. The van der Waals surface area contributed by atoms with Gasteiger partial charge in [0, 0.05) is 31.3 Å². The van der Waals surface area contributed by atoms with Crippen LogP contribution in [0.1, 0.15) is 29.2 Å². The Balaban J connectivity index is 1.88. The van der Waals surface area contributed by atoms with Gasteiger partial charge in [0.25, 0.3) is 5.91 Å². The zero-order chi connectivity index (χ0) is 29.8. The minimum Gasteiger partial charge on any atom is -0.493 e. The Bertz CT molecular complexity index is 1630. The molecule has 0 atom stereocenters. The van der Waals surface area contributed by atoms with E-state index in [1.807, 2.05) is 58.0 Å². The van der Waals surface area contributed by atoms with Crippen molar-refractivity contribution >= 4 is 11.6 Å². The molecular weight excluding hydrogens is 526 g/mol. The number of fused-ring (bicyclic) bond motifs is 3. The minimum absolute atomic E-state index is 0.0487. The number of aliphatic hydroxyl groups is 1. The van der Waals surface area contributed by atoms with Crippen molar-refractivity contribution in [1.82, 2.24) is 19.9 Å². The second-order valence-electron chi connectivity index (χ2n) is 9.84. The third-order valence-corrected chi connectivity index (χ3v) is 6.98. The van der Waals surface area contributed by atoms with Crippen molar-refractivity contribution in [3.8, 4) is 22.8 Å². The maximum atomic E-state index is 14.0. The van der Waals surface area contributed by atoms with Gasteiger partial charge < -0.3 is 31.1 Å². The number of aliphatic hydroxyl groups excluding tert-OH is 1. The van der Waals surface area contributed by atoms with Crippen LogP contribution >= 0.6 is 0 Å². The van der Waals surface area contributed by atoms with Crippen LogP contribution in [-0.4, -0.2) is 40.4 Å². The van der Waals surface area contributed by atoms with Crippen molar-refractivity contribution in [2.45, 2.75) is 47.2 Å². The molecule has 4 rings (SSSR count). The zero-order valence-corrected chi connectivity index (χ0v) is 24.0. The van der Waals surface area contributed by atoms with Gasteiger partial charge in [-0.3, -0.25) is 19.8 Å². The lowest BCUT2D eigenvalue weighted by Crippen LogP contribution is -2.45. The quantitative estimate of drug-likeness (QED) is 0.113. The molecular formula is C29H37N7O5. The number of carbonyl (C=O) groups is 1. The van der Waals surface area contributed by atoms with Crippen molar-refractivity contribution in [2.24, 2.45) is 16.6 Å². The number of methoxy groups -OCH3 is 1. The number of hydrazine groups is 1. The van der Waals surface area contributed by atoms with E-state index in [4.69, 9.17) is 26.0 Å². The predicted octanol–water partition coefficient (Wildman–Crippen LogP) is 1.70. The first kappa shape index (κ1) is 29.3. The number of ether oxygens (including phenoxy) is 2. The summed E-state index contributed by atoms with van der Waals surface area (Å²) in [5.74, 6) is 5.08. The Hall–Kier alpha value is -4.71. The highest BCUT2D eigenvalue weighted by molar-refractivity contribution is 5.92. The number of nitrogens with zero attached hydrogens (tertiary/aromatic N) is 3. The number of aromatic nitrogens is 2. The molecule has 41 heavy (non-hydrogen) atoms. The molecule has 3 aromatic rings. The molecule has 0 aliphatic carbocycles. The lowest BCUT2D eigenvalue weighted by Gasteiger charge is -2.25. The summed E-state index contributed by atoms with van der Waals surface area (Å²) in [5.41, 5.74) is 13.6. The summed E-state index contributed by atoms with van der Waals surface area (Å²) in [7, 11) is 1.59. The van der Waals surface area contributed by atoms with E-state index in [-0.39, 0.29) is 24.5 Å². The molecule has 0 radical (unpaired) electrons. The second-order valence-corrected chi connectivity index (χ2v) is 9.84. The molecule has 0 saturated carbocycles. The van der Waals surface area contributed by atoms with E-state index in [1.54, 1.807) is 11.7 Å². The van der Waals surface area contributed by atoms with Crippen molar-refractivity contribution in [3.05, 3.63) is 80.1 Å². The highest BCUT2D eigenvalue weighted by Gasteiger charge is 2.23. The summed E-state index contributed by atoms with van der Waals surface area (Å²) >= 11 is 0. The van der Waals surface area contributed by atoms with Crippen molar-refractivity contribution in [1.29, 1.82) is 0 Å². The number of aryl methyl sites for hydroxylation is 4. The van der Waals surface area contributed by atoms with Crippen molar-refractivity contribution in [3.63, 3.8) is 0 Å². The van der Waals surface area contributed by atoms with Gasteiger partial charge in [0.2, 0.25) is 5.88 Å². The molecule has 1 amide bonds. The van der Waals surface area contributed by atoms with Gasteiger partial charge in [-0.1, -0.05) is 17.7 Å². The van der Waals surface area contributed by atoms with E-state index in [0.29, 0.717) is 42.3 Å². The van der Waals surface area contributed by atoms with Crippen LogP contribution in [0.15, 0.2) is 51.7 Å². The summed E-state index contributed by atoms with van der Waals surface area (Å²) in [6, 6.07) is 9.84. The predicted molar refractivity (Wildman–Crippen MR) is 156 cm³/mol. The van der Waals surface area contributed by atoms with Crippen molar-refractivity contribution in [2.75, 3.05) is 20.3 Å². The van der Waals surface area contributed by atoms with Crippen LogP contribution in [0.4, 0.5) is 5.69 Å². The fourth-order valence-corrected chi connectivity index (χ4v) is 5.16. The average molecular weight is 564 g/mol. The Kier molecular flexibility index (Phi) is 8.72. The Labute approximate surface area is 237 Å². The number of hydrogen-bond acceptors (Lipinski definition) is 9. The van der Waals surface area contributed by atoms with Crippen LogP contribution in [0.3, 0.4) is 0 Å². The highest BCUT2D eigenvalue weighted by atomic mass is 16.5. The molecule has 0 bridgehead atoms. The molecule has 0 saturated heterocycles. The van der Waals surface area contributed by atoms with Gasteiger partial charge >= 0.3 is 5.69 Å². The number of hydrogen-bond donors (Lipinski definition) is 5. The van der Waals surface area contributed by atoms with E-state index >= 15 is 0 Å². The smallest absolute Gasteiger partial charge is 0.330 e. The molecule has 0 unspecified atom stereocenters. The maximum absolute atomic E-state index is 14.0. The molecule has 1 aromatic heterocycles. The monoisotopic (exact) mass is 563 g/mol. The highest BCUT2D eigenvalue weighted by Crippen LogP contribution is 2.37. The molecule has 1 aliphatic rings. The maximum Gasteiger partial charge on any atom is 0.330 e. The number of carbonyl (C=O) groups excluding carboxylic acids is 1. The van der Waals surface area contributed by atoms with Gasteiger partial charge in [0.05, 0.1) is 25.1 Å². The van der Waals surface area contributed by atoms with Crippen LogP contribution in [0.25, 0.3) is 11.3 Å². The summed E-state index contributed by atoms with van der Waals surface area (Å²) in [6.45, 7) is 9.03. The number of rotatable bonds is 9. The van der Waals surface area contributed by atoms with E-state index in [0.717, 1.165) is 33.5 Å². The number of amides is 1. The number of nitrogens with two attached hydrogens (primary N) is 2. The van der Waals surface area contributed by atoms with Gasteiger partial charge in [0.1, 0.15) is 5.49 Å². The molecule has 218 valence electrons. The first-order chi connectivity index (χ1) is 19.6. The normalized spacial score (nSPS) is 13.2. The summed E-state index contributed by atoms with van der Waals surface area (Å²) in [4.78, 5) is 31.3. The van der Waals surface area contributed by atoms with E-state index < -0.39 is 11.8 Å². The molecule has 7 N–H and O–H groups in total. The summed E-state index contributed by atoms with van der Waals surface area (Å²) < 4.78 is 14.6. The third-order valence-electron chi connectivity index (χ3n) is 6.98. The van der Waals surface area contributed by atoms with Crippen LogP contribution in [-0.2, 0) is 24.3 Å². The van der Waals surface area contributed by atoms with Crippen LogP contribution < -0.4 is 43.0 Å². The van der Waals surface area contributed by atoms with Gasteiger partial charge in [0.15, 0.2) is 17.2 Å². The fraction of sp³-hybridized carbons (Fsp3) is 0.345. The molecule has 0 fully saturated rings. The number of nitrogens with one attached hydrogen (secondary N) is 2. The second kappa shape index (κ2) is 12.2. The SMILES string of the molecule is CCOc1cc2c(cc1OC)-c1c/c(=N\c3c(C)cc(C)cc3C)n(CCNC(=O)/C(NN)=C(/N)O)c(=O)n1CC2. The molecule has 2 heterocycles. The topological polar surface area (TPSA) is 171 Å². The van der Waals surface area contributed by atoms with Gasteiger partial charge in [-0.15, -0.1) is 0 Å².